The molecule has 1 aliphatic rings. The number of carbonyl (C=O) groups is 1. The number of likely N-dealkylation sites (tertiary alicyclic amines) is 1. The van der Waals surface area contributed by atoms with E-state index in [0.29, 0.717) is 6.54 Å². The first kappa shape index (κ1) is 16.4. The monoisotopic (exact) mass is 244 g/mol. The van der Waals surface area contributed by atoms with Crippen molar-refractivity contribution in [3.63, 3.8) is 0 Å². The normalized spacial score (nSPS) is 18.1. The van der Waals surface area contributed by atoms with Gasteiger partial charge < -0.3 is 10.4 Å². The van der Waals surface area contributed by atoms with E-state index < -0.39 is 5.97 Å². The first-order valence-electron chi connectivity index (χ1n) is 4.37. The van der Waals surface area contributed by atoms with Gasteiger partial charge in [0.1, 0.15) is 6.04 Å². The van der Waals surface area contributed by atoms with Crippen molar-refractivity contribution in [3.05, 3.63) is 0 Å². The molecule has 1 saturated heterocycles. The maximum atomic E-state index is 10.8. The van der Waals surface area contributed by atoms with Crippen LogP contribution in [0.3, 0.4) is 0 Å². The SMILES string of the molecule is CNCC(C(=O)O)N1CCCC1.Cl.Cl. The summed E-state index contributed by atoms with van der Waals surface area (Å²) in [4.78, 5) is 12.8. The smallest absolute Gasteiger partial charge is 0.322 e. The predicted molar refractivity (Wildman–Crippen MR) is 60.7 cm³/mol. The number of rotatable bonds is 4. The van der Waals surface area contributed by atoms with Crippen LogP contribution >= 0.6 is 24.8 Å². The molecule has 0 spiro atoms. The van der Waals surface area contributed by atoms with Gasteiger partial charge >= 0.3 is 5.97 Å². The molecule has 0 radical (unpaired) electrons. The van der Waals surface area contributed by atoms with Crippen LogP contribution in [0.2, 0.25) is 0 Å². The van der Waals surface area contributed by atoms with Crippen LogP contribution in [0.25, 0.3) is 0 Å². The maximum Gasteiger partial charge on any atom is 0.322 e. The first-order valence-corrected chi connectivity index (χ1v) is 4.37. The summed E-state index contributed by atoms with van der Waals surface area (Å²) >= 11 is 0. The Bertz CT molecular complexity index is 163. The lowest BCUT2D eigenvalue weighted by Crippen LogP contribution is -2.45. The lowest BCUT2D eigenvalue weighted by Gasteiger charge is -2.22. The maximum absolute atomic E-state index is 10.8. The predicted octanol–water partition coefficient (Wildman–Crippen LogP) is 0.598. The van der Waals surface area contributed by atoms with E-state index >= 15 is 0 Å². The molecule has 4 nitrogen and oxygen atoms in total. The second-order valence-electron chi connectivity index (χ2n) is 3.15. The fraction of sp³-hybridized carbons (Fsp3) is 0.875. The van der Waals surface area contributed by atoms with E-state index in [1.807, 2.05) is 4.90 Å². The standard InChI is InChI=1S/C8H16N2O2.2ClH/c1-9-6-7(8(11)12)10-4-2-3-5-10;;/h7,9H,2-6H2,1H3,(H,11,12);2*1H. The fourth-order valence-corrected chi connectivity index (χ4v) is 1.62. The minimum absolute atomic E-state index is 0. The summed E-state index contributed by atoms with van der Waals surface area (Å²) in [5.41, 5.74) is 0. The first-order chi connectivity index (χ1) is 5.75. The van der Waals surface area contributed by atoms with Crippen LogP contribution < -0.4 is 5.32 Å². The molecule has 0 aromatic carbocycles. The molecule has 0 aromatic rings. The van der Waals surface area contributed by atoms with Crippen LogP contribution in [0, 0.1) is 0 Å². The Morgan fingerprint density at radius 3 is 2.29 bits per heavy atom. The molecule has 86 valence electrons. The molecule has 0 bridgehead atoms. The molecule has 1 fully saturated rings. The van der Waals surface area contributed by atoms with Crippen molar-refractivity contribution in [1.29, 1.82) is 0 Å². The number of nitrogens with one attached hydrogen (secondary N) is 1. The number of hydrogen-bond donors (Lipinski definition) is 2. The molecular formula is C8H18Cl2N2O2. The van der Waals surface area contributed by atoms with Crippen LogP contribution in [0.15, 0.2) is 0 Å². The van der Waals surface area contributed by atoms with Gasteiger partial charge in [-0.05, 0) is 33.0 Å². The molecule has 0 aromatic heterocycles. The summed E-state index contributed by atoms with van der Waals surface area (Å²) in [6, 6.07) is -0.336. The molecule has 0 amide bonds. The summed E-state index contributed by atoms with van der Waals surface area (Å²) in [5.74, 6) is -0.716. The summed E-state index contributed by atoms with van der Waals surface area (Å²) in [5, 5.41) is 11.8. The van der Waals surface area contributed by atoms with Gasteiger partial charge in [0, 0.05) is 6.54 Å². The zero-order valence-electron chi connectivity index (χ0n) is 8.23. The van der Waals surface area contributed by atoms with E-state index in [1.54, 1.807) is 7.05 Å². The molecule has 1 rings (SSSR count). The Labute approximate surface area is 96.9 Å². The van der Waals surface area contributed by atoms with Crippen molar-refractivity contribution in [1.82, 2.24) is 10.2 Å². The molecule has 1 atom stereocenters. The zero-order valence-corrected chi connectivity index (χ0v) is 9.87. The van der Waals surface area contributed by atoms with E-state index in [1.165, 1.54) is 0 Å². The van der Waals surface area contributed by atoms with Crippen LogP contribution in [0.4, 0.5) is 0 Å². The van der Waals surface area contributed by atoms with Gasteiger partial charge in [0.15, 0.2) is 0 Å². The van der Waals surface area contributed by atoms with E-state index in [-0.39, 0.29) is 30.9 Å². The number of carboxylic acid groups (broad SMARTS) is 1. The average Bonchev–Trinajstić information content (AvgIpc) is 2.51. The number of carboxylic acids is 1. The van der Waals surface area contributed by atoms with Crippen molar-refractivity contribution in [2.75, 3.05) is 26.7 Å². The molecule has 0 saturated carbocycles. The minimum atomic E-state index is -0.716. The number of aliphatic carboxylic acids is 1. The highest BCUT2D eigenvalue weighted by Crippen LogP contribution is 2.11. The third kappa shape index (κ3) is 4.46. The second-order valence-corrected chi connectivity index (χ2v) is 3.15. The van der Waals surface area contributed by atoms with Crippen molar-refractivity contribution < 1.29 is 9.90 Å². The summed E-state index contributed by atoms with van der Waals surface area (Å²) in [6.45, 7) is 2.40. The topological polar surface area (TPSA) is 52.6 Å². The Kier molecular flexibility index (Phi) is 9.72. The Hall–Kier alpha value is -0.0300. The Balaban J connectivity index is 0. The highest BCUT2D eigenvalue weighted by atomic mass is 35.5. The lowest BCUT2D eigenvalue weighted by molar-refractivity contribution is -0.142. The summed E-state index contributed by atoms with van der Waals surface area (Å²) in [6.07, 6.45) is 2.26. The van der Waals surface area contributed by atoms with Crippen molar-refractivity contribution in [2.24, 2.45) is 0 Å². The Morgan fingerprint density at radius 1 is 1.43 bits per heavy atom. The van der Waals surface area contributed by atoms with Gasteiger partial charge in [0.25, 0.3) is 0 Å². The highest BCUT2D eigenvalue weighted by molar-refractivity contribution is 5.85. The average molecular weight is 245 g/mol. The van der Waals surface area contributed by atoms with Gasteiger partial charge in [-0.25, -0.2) is 0 Å². The quantitative estimate of drug-likeness (QED) is 0.761. The van der Waals surface area contributed by atoms with Gasteiger partial charge in [0.05, 0.1) is 0 Å². The zero-order chi connectivity index (χ0) is 8.97. The van der Waals surface area contributed by atoms with E-state index in [0.717, 1.165) is 25.9 Å². The number of hydrogen-bond acceptors (Lipinski definition) is 3. The third-order valence-corrected chi connectivity index (χ3v) is 2.26. The third-order valence-electron chi connectivity index (χ3n) is 2.26. The second kappa shape index (κ2) is 8.29. The van der Waals surface area contributed by atoms with E-state index in [9.17, 15) is 4.79 Å². The molecule has 0 aliphatic carbocycles. The summed E-state index contributed by atoms with van der Waals surface area (Å²) in [7, 11) is 1.78. The number of likely N-dealkylation sites (N-methyl/N-ethyl adjacent to an activating group) is 1. The van der Waals surface area contributed by atoms with Gasteiger partial charge in [-0.15, -0.1) is 24.8 Å². The van der Waals surface area contributed by atoms with Crippen molar-refractivity contribution in [2.45, 2.75) is 18.9 Å². The molecular weight excluding hydrogens is 227 g/mol. The molecule has 2 N–H and O–H groups in total. The number of nitrogens with zero attached hydrogens (tertiary/aromatic N) is 1. The summed E-state index contributed by atoms with van der Waals surface area (Å²) < 4.78 is 0. The molecule has 6 heteroatoms. The van der Waals surface area contributed by atoms with Crippen LogP contribution in [0.1, 0.15) is 12.8 Å². The molecule has 1 unspecified atom stereocenters. The van der Waals surface area contributed by atoms with Gasteiger partial charge in [-0.2, -0.15) is 0 Å². The molecule has 1 aliphatic heterocycles. The van der Waals surface area contributed by atoms with Crippen LogP contribution in [-0.4, -0.2) is 48.7 Å². The van der Waals surface area contributed by atoms with Crippen molar-refractivity contribution >= 4 is 30.8 Å². The van der Waals surface area contributed by atoms with Gasteiger partial charge in [-0.3, -0.25) is 9.69 Å². The lowest BCUT2D eigenvalue weighted by atomic mass is 10.2. The minimum Gasteiger partial charge on any atom is -0.480 e. The van der Waals surface area contributed by atoms with Gasteiger partial charge in [0.2, 0.25) is 0 Å². The van der Waals surface area contributed by atoms with E-state index in [2.05, 4.69) is 5.32 Å². The van der Waals surface area contributed by atoms with Crippen molar-refractivity contribution in [3.8, 4) is 0 Å². The highest BCUT2D eigenvalue weighted by Gasteiger charge is 2.26. The van der Waals surface area contributed by atoms with E-state index in [4.69, 9.17) is 5.11 Å². The van der Waals surface area contributed by atoms with Crippen LogP contribution in [0.5, 0.6) is 0 Å². The number of halogens is 2. The van der Waals surface area contributed by atoms with Crippen LogP contribution in [-0.2, 0) is 4.79 Å². The molecule has 14 heavy (non-hydrogen) atoms. The largest absolute Gasteiger partial charge is 0.480 e. The molecule has 1 heterocycles. The van der Waals surface area contributed by atoms with Gasteiger partial charge in [-0.1, -0.05) is 0 Å². The fourth-order valence-electron chi connectivity index (χ4n) is 1.62. The Morgan fingerprint density at radius 2 is 1.93 bits per heavy atom.